The van der Waals surface area contributed by atoms with Gasteiger partial charge in [0.1, 0.15) is 0 Å². The maximum absolute atomic E-state index is 11.9. The first-order valence-corrected chi connectivity index (χ1v) is 5.08. The fourth-order valence-electron chi connectivity index (χ4n) is 2.18. The molecule has 0 aromatic carbocycles. The molecule has 0 amide bonds. The molecule has 1 atom stereocenters. The second kappa shape index (κ2) is 3.24. The van der Waals surface area contributed by atoms with E-state index in [9.17, 15) is 4.79 Å². The molecular weight excluding hydrogens is 176 g/mol. The maximum Gasteiger partial charge on any atom is 0.255 e. The van der Waals surface area contributed by atoms with Crippen LogP contribution in [0.1, 0.15) is 36.2 Å². The van der Waals surface area contributed by atoms with Crippen molar-refractivity contribution in [1.82, 2.24) is 4.57 Å². The van der Waals surface area contributed by atoms with Gasteiger partial charge in [0.2, 0.25) is 0 Å². The number of hydrogen-bond donors (Lipinski definition) is 1. The van der Waals surface area contributed by atoms with Gasteiger partial charge in [0.25, 0.3) is 5.56 Å². The lowest BCUT2D eigenvalue weighted by Gasteiger charge is -2.12. The Labute approximate surface area is 83.5 Å². The highest BCUT2D eigenvalue weighted by atomic mass is 16.1. The summed E-state index contributed by atoms with van der Waals surface area (Å²) in [6.07, 6.45) is 3.27. The molecule has 1 heterocycles. The van der Waals surface area contributed by atoms with Crippen LogP contribution in [0.25, 0.3) is 0 Å². The van der Waals surface area contributed by atoms with Gasteiger partial charge in [-0.2, -0.15) is 0 Å². The van der Waals surface area contributed by atoms with E-state index in [1.807, 2.05) is 20.0 Å². The standard InChI is InChI=1S/C11H16N2O/c1-7(12)9-6-8-4-3-5-10(8)13(2)11(9)14/h6-7H,3-5,12H2,1-2H3. The summed E-state index contributed by atoms with van der Waals surface area (Å²) in [5.41, 5.74) is 9.08. The Bertz CT molecular complexity index is 418. The number of hydrogen-bond acceptors (Lipinski definition) is 2. The zero-order valence-electron chi connectivity index (χ0n) is 8.71. The average Bonchev–Trinajstić information content (AvgIpc) is 2.58. The van der Waals surface area contributed by atoms with Crippen molar-refractivity contribution in [1.29, 1.82) is 0 Å². The largest absolute Gasteiger partial charge is 0.324 e. The third-order valence-corrected chi connectivity index (χ3v) is 3.01. The first-order valence-electron chi connectivity index (χ1n) is 5.08. The molecule has 1 unspecified atom stereocenters. The van der Waals surface area contributed by atoms with E-state index in [1.165, 1.54) is 11.3 Å². The fraction of sp³-hybridized carbons (Fsp3) is 0.545. The molecule has 1 aliphatic rings. The Morgan fingerprint density at radius 1 is 1.50 bits per heavy atom. The Hall–Kier alpha value is -1.09. The van der Waals surface area contributed by atoms with Crippen LogP contribution < -0.4 is 11.3 Å². The van der Waals surface area contributed by atoms with Gasteiger partial charge in [-0.15, -0.1) is 0 Å². The van der Waals surface area contributed by atoms with Crippen molar-refractivity contribution >= 4 is 0 Å². The van der Waals surface area contributed by atoms with Crippen LogP contribution >= 0.6 is 0 Å². The van der Waals surface area contributed by atoms with Gasteiger partial charge in [0.05, 0.1) is 0 Å². The second-order valence-electron chi connectivity index (χ2n) is 4.08. The highest BCUT2D eigenvalue weighted by molar-refractivity contribution is 5.31. The highest BCUT2D eigenvalue weighted by Crippen LogP contribution is 2.21. The predicted molar refractivity (Wildman–Crippen MR) is 56.3 cm³/mol. The van der Waals surface area contributed by atoms with Crippen molar-refractivity contribution in [3.63, 3.8) is 0 Å². The molecule has 0 aliphatic heterocycles. The molecule has 0 radical (unpaired) electrons. The van der Waals surface area contributed by atoms with Crippen LogP contribution in [0.5, 0.6) is 0 Å². The van der Waals surface area contributed by atoms with E-state index in [0.717, 1.165) is 24.8 Å². The monoisotopic (exact) mass is 192 g/mol. The van der Waals surface area contributed by atoms with Crippen LogP contribution in [0.2, 0.25) is 0 Å². The normalized spacial score (nSPS) is 16.8. The third-order valence-electron chi connectivity index (χ3n) is 3.01. The van der Waals surface area contributed by atoms with Gasteiger partial charge in [-0.1, -0.05) is 0 Å². The average molecular weight is 192 g/mol. The highest BCUT2D eigenvalue weighted by Gasteiger charge is 2.18. The Morgan fingerprint density at radius 3 is 2.86 bits per heavy atom. The van der Waals surface area contributed by atoms with Crippen molar-refractivity contribution in [2.75, 3.05) is 0 Å². The summed E-state index contributed by atoms with van der Waals surface area (Å²) in [6.45, 7) is 1.86. The SMILES string of the molecule is CC(N)c1cc2c(n(C)c1=O)CCC2. The summed E-state index contributed by atoms with van der Waals surface area (Å²) in [5.74, 6) is 0. The van der Waals surface area contributed by atoms with E-state index in [-0.39, 0.29) is 11.6 Å². The van der Waals surface area contributed by atoms with Gasteiger partial charge >= 0.3 is 0 Å². The van der Waals surface area contributed by atoms with Gasteiger partial charge in [-0.3, -0.25) is 4.79 Å². The molecule has 1 aromatic heterocycles. The predicted octanol–water partition coefficient (Wildman–Crippen LogP) is 0.894. The van der Waals surface area contributed by atoms with Gasteiger partial charge in [-0.05, 0) is 37.8 Å². The lowest BCUT2D eigenvalue weighted by Crippen LogP contribution is -2.27. The molecule has 0 saturated carbocycles. The van der Waals surface area contributed by atoms with Gasteiger partial charge in [-0.25, -0.2) is 0 Å². The zero-order chi connectivity index (χ0) is 10.3. The van der Waals surface area contributed by atoms with Crippen LogP contribution in [0, 0.1) is 0 Å². The van der Waals surface area contributed by atoms with E-state index in [2.05, 4.69) is 0 Å². The zero-order valence-corrected chi connectivity index (χ0v) is 8.71. The summed E-state index contributed by atoms with van der Waals surface area (Å²) < 4.78 is 1.76. The van der Waals surface area contributed by atoms with Crippen LogP contribution in [0.3, 0.4) is 0 Å². The van der Waals surface area contributed by atoms with Gasteiger partial charge in [0.15, 0.2) is 0 Å². The van der Waals surface area contributed by atoms with Crippen LogP contribution in [-0.4, -0.2) is 4.57 Å². The van der Waals surface area contributed by atoms with E-state index >= 15 is 0 Å². The number of fused-ring (bicyclic) bond motifs is 1. The lowest BCUT2D eigenvalue weighted by molar-refractivity contribution is 0.727. The number of rotatable bonds is 1. The minimum absolute atomic E-state index is 0.0700. The molecular formula is C11H16N2O. The minimum Gasteiger partial charge on any atom is -0.324 e. The smallest absolute Gasteiger partial charge is 0.255 e. The number of nitrogens with zero attached hydrogens (tertiary/aromatic N) is 1. The fourth-order valence-corrected chi connectivity index (χ4v) is 2.18. The quantitative estimate of drug-likeness (QED) is 0.718. The van der Waals surface area contributed by atoms with Crippen LogP contribution in [0.15, 0.2) is 10.9 Å². The number of pyridine rings is 1. The lowest BCUT2D eigenvalue weighted by atomic mass is 10.1. The van der Waals surface area contributed by atoms with Gasteiger partial charge < -0.3 is 10.3 Å². The topological polar surface area (TPSA) is 48.0 Å². The maximum atomic E-state index is 11.9. The van der Waals surface area contributed by atoms with Crippen LogP contribution in [-0.2, 0) is 19.9 Å². The number of aryl methyl sites for hydroxylation is 1. The first kappa shape index (κ1) is 9.46. The summed E-state index contributed by atoms with van der Waals surface area (Å²) in [7, 11) is 1.85. The molecule has 1 aromatic rings. The van der Waals surface area contributed by atoms with Crippen molar-refractivity contribution in [3.8, 4) is 0 Å². The molecule has 2 rings (SSSR count). The van der Waals surface area contributed by atoms with Crippen molar-refractivity contribution in [2.45, 2.75) is 32.2 Å². The third kappa shape index (κ3) is 1.28. The Kier molecular flexibility index (Phi) is 2.19. The van der Waals surface area contributed by atoms with E-state index in [4.69, 9.17) is 5.73 Å². The molecule has 0 bridgehead atoms. The molecule has 0 spiro atoms. The Morgan fingerprint density at radius 2 is 2.21 bits per heavy atom. The molecule has 3 nitrogen and oxygen atoms in total. The molecule has 0 saturated heterocycles. The Balaban J connectivity index is 2.67. The van der Waals surface area contributed by atoms with Crippen molar-refractivity contribution < 1.29 is 0 Å². The first-order chi connectivity index (χ1) is 6.61. The van der Waals surface area contributed by atoms with E-state index in [0.29, 0.717) is 0 Å². The van der Waals surface area contributed by atoms with Crippen LogP contribution in [0.4, 0.5) is 0 Å². The second-order valence-corrected chi connectivity index (χ2v) is 4.08. The van der Waals surface area contributed by atoms with E-state index < -0.39 is 0 Å². The molecule has 76 valence electrons. The summed E-state index contributed by atoms with van der Waals surface area (Å²) >= 11 is 0. The summed E-state index contributed by atoms with van der Waals surface area (Å²) in [5, 5.41) is 0. The summed E-state index contributed by atoms with van der Waals surface area (Å²) in [6, 6.07) is 1.83. The number of nitrogens with two attached hydrogens (primary N) is 1. The van der Waals surface area contributed by atoms with Crippen molar-refractivity contribution in [3.05, 3.63) is 33.2 Å². The number of aromatic nitrogens is 1. The molecule has 2 N–H and O–H groups in total. The van der Waals surface area contributed by atoms with E-state index in [1.54, 1.807) is 4.57 Å². The van der Waals surface area contributed by atoms with Gasteiger partial charge in [0, 0.05) is 24.3 Å². The summed E-state index contributed by atoms with van der Waals surface area (Å²) in [4.78, 5) is 11.9. The molecule has 3 heteroatoms. The minimum atomic E-state index is -0.167. The van der Waals surface area contributed by atoms with Crippen molar-refractivity contribution in [2.24, 2.45) is 12.8 Å². The molecule has 14 heavy (non-hydrogen) atoms. The molecule has 0 fully saturated rings. The molecule has 1 aliphatic carbocycles.